The third kappa shape index (κ3) is 3.49. The van der Waals surface area contributed by atoms with E-state index in [0.29, 0.717) is 6.42 Å². The second-order valence-electron chi connectivity index (χ2n) is 5.42. The largest absolute Gasteiger partial charge is 0.391 e. The molecule has 1 fully saturated rings. The molecule has 0 unspecified atom stereocenters. The first-order chi connectivity index (χ1) is 8.82. The number of alkyl halides is 3. The van der Waals surface area contributed by atoms with Gasteiger partial charge >= 0.3 is 6.18 Å². The van der Waals surface area contributed by atoms with Crippen LogP contribution in [0.4, 0.5) is 13.2 Å². The minimum absolute atomic E-state index is 0.0158. The van der Waals surface area contributed by atoms with Crippen LogP contribution in [-0.4, -0.2) is 26.7 Å². The Hall–Kier alpha value is -1.04. The van der Waals surface area contributed by atoms with Crippen LogP contribution < -0.4 is 0 Å². The van der Waals surface area contributed by atoms with Crippen molar-refractivity contribution in [3.63, 3.8) is 0 Å². The molecule has 1 N–H and O–H groups in total. The molecule has 0 spiro atoms. The Morgan fingerprint density at radius 1 is 1.42 bits per heavy atom. The van der Waals surface area contributed by atoms with Gasteiger partial charge in [-0.25, -0.2) is 0 Å². The van der Waals surface area contributed by atoms with Crippen molar-refractivity contribution in [3.8, 4) is 0 Å². The van der Waals surface area contributed by atoms with Crippen molar-refractivity contribution in [3.05, 3.63) is 18.0 Å². The second-order valence-corrected chi connectivity index (χ2v) is 5.42. The quantitative estimate of drug-likeness (QED) is 0.921. The van der Waals surface area contributed by atoms with Gasteiger partial charge in [0.1, 0.15) is 0 Å². The first kappa shape index (κ1) is 14.4. The zero-order valence-corrected chi connectivity index (χ0v) is 11.0. The number of hydrogen-bond acceptors (Lipinski definition) is 2. The molecule has 1 aliphatic rings. The van der Waals surface area contributed by atoms with Gasteiger partial charge in [-0.2, -0.15) is 18.3 Å². The summed E-state index contributed by atoms with van der Waals surface area (Å²) in [5, 5.41) is 14.5. The summed E-state index contributed by atoms with van der Waals surface area (Å²) >= 11 is 0. The summed E-state index contributed by atoms with van der Waals surface area (Å²) in [4.78, 5) is 0. The van der Waals surface area contributed by atoms with Gasteiger partial charge < -0.3 is 5.11 Å². The maximum atomic E-state index is 12.6. The number of hydrogen-bond donors (Lipinski definition) is 1. The van der Waals surface area contributed by atoms with Crippen LogP contribution in [0.15, 0.2) is 12.4 Å². The van der Waals surface area contributed by atoms with E-state index in [1.807, 2.05) is 13.1 Å². The van der Waals surface area contributed by atoms with Crippen molar-refractivity contribution in [2.75, 3.05) is 0 Å². The predicted octanol–water partition coefficient (Wildman–Crippen LogP) is 2.93. The van der Waals surface area contributed by atoms with Crippen LogP contribution >= 0.6 is 0 Å². The highest BCUT2D eigenvalue weighted by Gasteiger charge is 2.45. The van der Waals surface area contributed by atoms with E-state index in [1.165, 1.54) is 0 Å². The van der Waals surface area contributed by atoms with E-state index < -0.39 is 17.7 Å². The third-order valence-electron chi connectivity index (χ3n) is 3.92. The highest BCUT2D eigenvalue weighted by Crippen LogP contribution is 2.42. The molecule has 1 aliphatic carbocycles. The Labute approximate surface area is 110 Å². The van der Waals surface area contributed by atoms with E-state index in [-0.39, 0.29) is 25.7 Å². The number of aryl methyl sites for hydroxylation is 1. The predicted molar refractivity (Wildman–Crippen MR) is 64.6 cm³/mol. The third-order valence-corrected chi connectivity index (χ3v) is 3.92. The second kappa shape index (κ2) is 5.15. The molecular weight excluding hydrogens is 257 g/mol. The highest BCUT2D eigenvalue weighted by molar-refractivity contribution is 5.09. The Morgan fingerprint density at radius 3 is 2.53 bits per heavy atom. The Balaban J connectivity index is 1.94. The van der Waals surface area contributed by atoms with Crippen molar-refractivity contribution < 1.29 is 18.3 Å². The first-order valence-electron chi connectivity index (χ1n) is 6.63. The fourth-order valence-electron chi connectivity index (χ4n) is 2.71. The lowest BCUT2D eigenvalue weighted by Crippen LogP contribution is -2.39. The molecule has 0 bridgehead atoms. The summed E-state index contributed by atoms with van der Waals surface area (Å²) in [6.45, 7) is 2.70. The van der Waals surface area contributed by atoms with Crippen LogP contribution in [0.2, 0.25) is 0 Å². The summed E-state index contributed by atoms with van der Waals surface area (Å²) in [6, 6.07) is 0. The van der Waals surface area contributed by atoms with Crippen molar-refractivity contribution in [1.29, 1.82) is 0 Å². The molecule has 3 nitrogen and oxygen atoms in total. The normalized spacial score (nSPS) is 28.6. The van der Waals surface area contributed by atoms with Gasteiger partial charge in [0, 0.05) is 19.2 Å². The molecule has 1 heterocycles. The van der Waals surface area contributed by atoms with E-state index in [1.54, 1.807) is 10.9 Å². The monoisotopic (exact) mass is 276 g/mol. The number of halogens is 3. The summed E-state index contributed by atoms with van der Waals surface area (Å²) in [7, 11) is 0. The average Bonchev–Trinajstić information content (AvgIpc) is 2.75. The average molecular weight is 276 g/mol. The zero-order valence-electron chi connectivity index (χ0n) is 11.0. The molecule has 6 heteroatoms. The van der Waals surface area contributed by atoms with Gasteiger partial charge in [-0.15, -0.1) is 0 Å². The van der Waals surface area contributed by atoms with E-state index in [0.717, 1.165) is 12.1 Å². The lowest BCUT2D eigenvalue weighted by Gasteiger charge is -2.36. The number of rotatable bonds is 3. The van der Waals surface area contributed by atoms with Gasteiger partial charge in [-0.3, -0.25) is 4.68 Å². The van der Waals surface area contributed by atoms with Gasteiger partial charge in [-0.05, 0) is 38.2 Å². The Bertz CT molecular complexity index is 420. The van der Waals surface area contributed by atoms with Gasteiger partial charge in [0.25, 0.3) is 0 Å². The van der Waals surface area contributed by atoms with E-state index >= 15 is 0 Å². The topological polar surface area (TPSA) is 38.0 Å². The molecule has 0 saturated heterocycles. The van der Waals surface area contributed by atoms with Crippen LogP contribution in [0.25, 0.3) is 0 Å². The van der Waals surface area contributed by atoms with Gasteiger partial charge in [0.2, 0.25) is 0 Å². The standard InChI is InChI=1S/C13H19F3N2O/c1-2-18-9-10(8-17-18)7-12(19)5-3-11(4-6-12)13(14,15)16/h8-9,11,19H,2-7H2,1H3. The van der Waals surface area contributed by atoms with Crippen LogP contribution in [0.5, 0.6) is 0 Å². The number of nitrogens with zero attached hydrogens (tertiary/aromatic N) is 2. The lowest BCUT2D eigenvalue weighted by atomic mass is 9.76. The molecular formula is C13H19F3N2O. The van der Waals surface area contributed by atoms with E-state index in [9.17, 15) is 18.3 Å². The van der Waals surface area contributed by atoms with Crippen LogP contribution in [-0.2, 0) is 13.0 Å². The molecule has 0 aliphatic heterocycles. The lowest BCUT2D eigenvalue weighted by molar-refractivity contribution is -0.192. The molecule has 0 radical (unpaired) electrons. The molecule has 0 atom stereocenters. The van der Waals surface area contributed by atoms with Crippen molar-refractivity contribution >= 4 is 0 Å². The van der Waals surface area contributed by atoms with E-state index in [4.69, 9.17) is 0 Å². The SMILES string of the molecule is CCn1cc(CC2(O)CCC(C(F)(F)F)CC2)cn1. The number of aliphatic hydroxyl groups is 1. The van der Waals surface area contributed by atoms with Crippen LogP contribution in [0, 0.1) is 5.92 Å². The summed E-state index contributed by atoms with van der Waals surface area (Å²) in [5.41, 5.74) is -0.126. The first-order valence-corrected chi connectivity index (χ1v) is 6.63. The molecule has 1 aromatic rings. The maximum absolute atomic E-state index is 12.6. The fourth-order valence-corrected chi connectivity index (χ4v) is 2.71. The zero-order chi connectivity index (χ0) is 14.1. The fraction of sp³-hybridized carbons (Fsp3) is 0.769. The summed E-state index contributed by atoms with van der Waals surface area (Å²) in [6.07, 6.45) is 0.212. The summed E-state index contributed by atoms with van der Waals surface area (Å²) in [5.74, 6) is -1.26. The number of aromatic nitrogens is 2. The maximum Gasteiger partial charge on any atom is 0.391 e. The smallest absolute Gasteiger partial charge is 0.390 e. The van der Waals surface area contributed by atoms with Crippen LogP contribution in [0.3, 0.4) is 0 Å². The Morgan fingerprint density at radius 2 is 2.05 bits per heavy atom. The minimum Gasteiger partial charge on any atom is -0.390 e. The molecule has 108 valence electrons. The van der Waals surface area contributed by atoms with Crippen LogP contribution in [0.1, 0.15) is 38.2 Å². The van der Waals surface area contributed by atoms with Gasteiger partial charge in [0.15, 0.2) is 0 Å². The Kier molecular flexibility index (Phi) is 3.90. The highest BCUT2D eigenvalue weighted by atomic mass is 19.4. The molecule has 1 saturated carbocycles. The van der Waals surface area contributed by atoms with Crippen molar-refractivity contribution in [2.24, 2.45) is 5.92 Å². The van der Waals surface area contributed by atoms with E-state index in [2.05, 4.69) is 5.10 Å². The van der Waals surface area contributed by atoms with Crippen molar-refractivity contribution in [2.45, 2.75) is 57.3 Å². The molecule has 0 amide bonds. The van der Waals surface area contributed by atoms with Gasteiger partial charge in [0.05, 0.1) is 17.7 Å². The molecule has 0 aromatic carbocycles. The summed E-state index contributed by atoms with van der Waals surface area (Å²) < 4.78 is 39.5. The minimum atomic E-state index is -4.13. The van der Waals surface area contributed by atoms with Gasteiger partial charge in [-0.1, -0.05) is 0 Å². The molecule has 19 heavy (non-hydrogen) atoms. The molecule has 1 aromatic heterocycles. The molecule has 2 rings (SSSR count). The van der Waals surface area contributed by atoms with Crippen molar-refractivity contribution in [1.82, 2.24) is 9.78 Å².